The molecule has 0 fully saturated rings. The molecule has 0 aliphatic heterocycles. The average molecular weight is 309 g/mol. The molecule has 1 aromatic heterocycles. The molecule has 2 rings (SSSR count). The van der Waals surface area contributed by atoms with Gasteiger partial charge in [-0.3, -0.25) is 4.79 Å². The number of aromatic nitrogens is 3. The second kappa shape index (κ2) is 7.19. The fourth-order valence-electron chi connectivity index (χ4n) is 1.95. The Morgan fingerprint density at radius 2 is 2.24 bits per heavy atom. The van der Waals surface area contributed by atoms with Gasteiger partial charge in [0.15, 0.2) is 5.69 Å². The molecular weight excluding hydrogens is 292 g/mol. The summed E-state index contributed by atoms with van der Waals surface area (Å²) in [5.41, 5.74) is 0.933. The van der Waals surface area contributed by atoms with Crippen LogP contribution in [0.4, 0.5) is 0 Å². The first-order valence-corrected chi connectivity index (χ1v) is 7.12. The van der Waals surface area contributed by atoms with Gasteiger partial charge in [-0.05, 0) is 24.6 Å². The predicted octanol–water partition coefficient (Wildman–Crippen LogP) is 1.77. The van der Waals surface area contributed by atoms with Gasteiger partial charge in [0, 0.05) is 18.1 Å². The van der Waals surface area contributed by atoms with Gasteiger partial charge in [-0.2, -0.15) is 9.90 Å². The van der Waals surface area contributed by atoms with E-state index in [1.165, 1.54) is 11.0 Å². The number of aliphatic hydroxyl groups excluding tert-OH is 1. The minimum atomic E-state index is -0.237. The molecule has 1 aromatic carbocycles. The summed E-state index contributed by atoms with van der Waals surface area (Å²) in [5, 5.41) is 17.9. The van der Waals surface area contributed by atoms with Crippen molar-refractivity contribution in [3.8, 4) is 5.69 Å². The van der Waals surface area contributed by atoms with E-state index in [1.807, 2.05) is 6.92 Å². The van der Waals surface area contributed by atoms with Crippen LogP contribution in [0.15, 0.2) is 30.5 Å². The summed E-state index contributed by atoms with van der Waals surface area (Å²) in [6.07, 6.45) is 2.23. The van der Waals surface area contributed by atoms with E-state index in [0.29, 0.717) is 17.3 Å². The van der Waals surface area contributed by atoms with Gasteiger partial charge in [0.1, 0.15) is 0 Å². The zero-order valence-corrected chi connectivity index (χ0v) is 12.5. The van der Waals surface area contributed by atoms with Crippen molar-refractivity contribution in [1.29, 1.82) is 0 Å². The van der Waals surface area contributed by atoms with Crippen LogP contribution in [0.5, 0.6) is 0 Å². The Balaban J connectivity index is 2.20. The van der Waals surface area contributed by atoms with Crippen LogP contribution in [0.25, 0.3) is 5.69 Å². The van der Waals surface area contributed by atoms with Crippen LogP contribution in [-0.4, -0.2) is 50.6 Å². The lowest BCUT2D eigenvalue weighted by Gasteiger charge is -2.19. The van der Waals surface area contributed by atoms with Crippen LogP contribution in [-0.2, 0) is 0 Å². The fraction of sp³-hybridized carbons (Fsp3) is 0.357. The van der Waals surface area contributed by atoms with Crippen molar-refractivity contribution in [2.24, 2.45) is 0 Å². The lowest BCUT2D eigenvalue weighted by Crippen LogP contribution is -2.34. The Morgan fingerprint density at radius 3 is 2.90 bits per heavy atom. The van der Waals surface area contributed by atoms with Crippen molar-refractivity contribution < 1.29 is 9.90 Å². The topological polar surface area (TPSA) is 71.2 Å². The highest BCUT2D eigenvalue weighted by atomic mass is 35.5. The Bertz CT molecular complexity index is 609. The van der Waals surface area contributed by atoms with Crippen molar-refractivity contribution in [1.82, 2.24) is 19.9 Å². The maximum Gasteiger partial charge on any atom is 0.276 e. The van der Waals surface area contributed by atoms with Crippen LogP contribution >= 0.6 is 11.6 Å². The number of nitrogens with zero attached hydrogens (tertiary/aromatic N) is 4. The van der Waals surface area contributed by atoms with E-state index < -0.39 is 0 Å². The number of hydrogen-bond donors (Lipinski definition) is 1. The minimum Gasteiger partial charge on any atom is -0.395 e. The Morgan fingerprint density at radius 1 is 1.43 bits per heavy atom. The number of amides is 1. The number of rotatable bonds is 6. The first-order valence-electron chi connectivity index (χ1n) is 6.74. The second-order valence-electron chi connectivity index (χ2n) is 4.51. The summed E-state index contributed by atoms with van der Waals surface area (Å²) >= 11 is 5.93. The van der Waals surface area contributed by atoms with E-state index in [2.05, 4.69) is 10.2 Å². The number of carbonyl (C=O) groups excluding carboxylic acids is 1. The van der Waals surface area contributed by atoms with Gasteiger partial charge >= 0.3 is 0 Å². The van der Waals surface area contributed by atoms with Crippen molar-refractivity contribution in [2.45, 2.75) is 13.3 Å². The van der Waals surface area contributed by atoms with Crippen molar-refractivity contribution in [3.63, 3.8) is 0 Å². The van der Waals surface area contributed by atoms with Crippen LogP contribution in [0.2, 0.25) is 5.02 Å². The zero-order chi connectivity index (χ0) is 15.2. The quantitative estimate of drug-likeness (QED) is 0.883. The molecule has 0 radical (unpaired) electrons. The smallest absolute Gasteiger partial charge is 0.276 e. The molecule has 0 aliphatic carbocycles. The minimum absolute atomic E-state index is 0.0752. The zero-order valence-electron chi connectivity index (χ0n) is 11.7. The van der Waals surface area contributed by atoms with Crippen molar-refractivity contribution in [3.05, 3.63) is 41.2 Å². The van der Waals surface area contributed by atoms with E-state index in [1.54, 1.807) is 29.2 Å². The Labute approximate surface area is 127 Å². The summed E-state index contributed by atoms with van der Waals surface area (Å²) < 4.78 is 0. The first-order chi connectivity index (χ1) is 10.2. The molecule has 1 heterocycles. The highest BCUT2D eigenvalue weighted by Crippen LogP contribution is 2.13. The van der Waals surface area contributed by atoms with Crippen LogP contribution in [0.3, 0.4) is 0 Å². The summed E-state index contributed by atoms with van der Waals surface area (Å²) in [6, 6.07) is 7.06. The fourth-order valence-corrected chi connectivity index (χ4v) is 2.14. The molecule has 0 saturated carbocycles. The lowest BCUT2D eigenvalue weighted by atomic mass is 10.3. The molecule has 1 amide bonds. The van der Waals surface area contributed by atoms with Gasteiger partial charge in [0.05, 0.1) is 18.5 Å². The average Bonchev–Trinajstić information content (AvgIpc) is 2.96. The molecule has 7 heteroatoms. The summed E-state index contributed by atoms with van der Waals surface area (Å²) in [7, 11) is 0. The maximum absolute atomic E-state index is 12.3. The molecule has 2 aromatic rings. The molecule has 0 unspecified atom stereocenters. The highest BCUT2D eigenvalue weighted by Gasteiger charge is 2.18. The van der Waals surface area contributed by atoms with E-state index >= 15 is 0 Å². The SMILES string of the molecule is CCCN(CCO)C(=O)c1cnn(-c2cccc(Cl)c2)n1. The summed E-state index contributed by atoms with van der Waals surface area (Å²) in [4.78, 5) is 15.2. The van der Waals surface area contributed by atoms with Gasteiger partial charge in [0.2, 0.25) is 0 Å². The molecule has 112 valence electrons. The molecule has 0 bridgehead atoms. The maximum atomic E-state index is 12.3. The van der Waals surface area contributed by atoms with Crippen molar-refractivity contribution in [2.75, 3.05) is 19.7 Å². The number of halogens is 1. The monoisotopic (exact) mass is 308 g/mol. The number of hydrogen-bond acceptors (Lipinski definition) is 4. The Hall–Kier alpha value is -1.92. The largest absolute Gasteiger partial charge is 0.395 e. The van der Waals surface area contributed by atoms with Crippen molar-refractivity contribution >= 4 is 17.5 Å². The van der Waals surface area contributed by atoms with Crippen LogP contribution < -0.4 is 0 Å². The second-order valence-corrected chi connectivity index (χ2v) is 4.95. The molecule has 0 aliphatic rings. The van der Waals surface area contributed by atoms with Gasteiger partial charge in [0.25, 0.3) is 5.91 Å². The summed E-state index contributed by atoms with van der Waals surface area (Å²) in [5.74, 6) is -0.237. The molecule has 6 nitrogen and oxygen atoms in total. The normalized spacial score (nSPS) is 10.6. The van der Waals surface area contributed by atoms with Crippen LogP contribution in [0, 0.1) is 0 Å². The molecular formula is C14H17ClN4O2. The van der Waals surface area contributed by atoms with E-state index in [9.17, 15) is 4.79 Å². The number of aliphatic hydroxyl groups is 1. The highest BCUT2D eigenvalue weighted by molar-refractivity contribution is 6.30. The van der Waals surface area contributed by atoms with E-state index in [0.717, 1.165) is 6.42 Å². The van der Waals surface area contributed by atoms with E-state index in [4.69, 9.17) is 16.7 Å². The standard InChI is InChI=1S/C14H17ClN4O2/c1-2-6-18(7-8-20)14(21)13-10-16-19(17-13)12-5-3-4-11(15)9-12/h3-5,9-10,20H,2,6-8H2,1H3. The van der Waals surface area contributed by atoms with E-state index in [-0.39, 0.29) is 24.8 Å². The molecule has 21 heavy (non-hydrogen) atoms. The number of benzene rings is 1. The molecule has 1 N–H and O–H groups in total. The third-order valence-corrected chi connectivity index (χ3v) is 3.14. The lowest BCUT2D eigenvalue weighted by molar-refractivity contribution is 0.0715. The van der Waals surface area contributed by atoms with Crippen LogP contribution in [0.1, 0.15) is 23.8 Å². The number of carbonyl (C=O) groups is 1. The third kappa shape index (κ3) is 3.80. The Kier molecular flexibility index (Phi) is 5.30. The summed E-state index contributed by atoms with van der Waals surface area (Å²) in [6.45, 7) is 2.76. The first kappa shape index (κ1) is 15.5. The van der Waals surface area contributed by atoms with Gasteiger partial charge in [-0.25, -0.2) is 0 Å². The molecule has 0 spiro atoms. The van der Waals surface area contributed by atoms with Gasteiger partial charge in [-0.1, -0.05) is 24.6 Å². The van der Waals surface area contributed by atoms with Gasteiger partial charge in [-0.15, -0.1) is 5.10 Å². The molecule has 0 saturated heterocycles. The predicted molar refractivity (Wildman–Crippen MR) is 79.6 cm³/mol. The third-order valence-electron chi connectivity index (χ3n) is 2.90. The van der Waals surface area contributed by atoms with Gasteiger partial charge < -0.3 is 10.0 Å². The molecule has 0 atom stereocenters.